The van der Waals surface area contributed by atoms with Gasteiger partial charge in [-0.05, 0) is 43.4 Å². The Bertz CT molecular complexity index is 658. The fourth-order valence-corrected chi connectivity index (χ4v) is 3.80. The minimum absolute atomic E-state index is 0.0896. The van der Waals surface area contributed by atoms with Gasteiger partial charge in [-0.3, -0.25) is 14.4 Å². The van der Waals surface area contributed by atoms with Crippen molar-refractivity contribution in [2.45, 2.75) is 32.3 Å². The highest BCUT2D eigenvalue weighted by atomic mass is 32.2. The van der Waals surface area contributed by atoms with Gasteiger partial charge in [0.25, 0.3) is 5.24 Å². The minimum atomic E-state index is -0.840. The largest absolute Gasteiger partial charge is 0.453 e. The van der Waals surface area contributed by atoms with E-state index in [4.69, 9.17) is 4.74 Å². The lowest BCUT2D eigenvalue weighted by Gasteiger charge is -2.17. The summed E-state index contributed by atoms with van der Waals surface area (Å²) in [4.78, 5) is 37.2. The second kappa shape index (κ2) is 6.74. The quantitative estimate of drug-likeness (QED) is 0.612. The first kappa shape index (κ1) is 16.1. The zero-order valence-corrected chi connectivity index (χ0v) is 13.9. The van der Waals surface area contributed by atoms with Crippen LogP contribution in [0.4, 0.5) is 4.79 Å². The van der Waals surface area contributed by atoms with Crippen molar-refractivity contribution in [2.75, 3.05) is 18.8 Å². The summed E-state index contributed by atoms with van der Waals surface area (Å²) in [6.07, 6.45) is 2.35. The van der Waals surface area contributed by atoms with Crippen LogP contribution in [0.3, 0.4) is 0 Å². The molecular formula is C17H19NO4S. The van der Waals surface area contributed by atoms with E-state index in [-0.39, 0.29) is 17.6 Å². The standard InChI is InChI=1S/C17H19NO4S/c1-11(22-15(19)10-18-7-8-23-17(18)21)16(20)14-6-5-12-3-2-4-13(12)9-14/h5-6,9,11H,2-4,7-8,10H2,1H3/t11-/m1/s1. The molecular weight excluding hydrogens is 314 g/mol. The number of Topliss-reactive ketones (excluding diaryl/α,β-unsaturated/α-hetero) is 1. The lowest BCUT2D eigenvalue weighted by atomic mass is 10.0. The predicted molar refractivity (Wildman–Crippen MR) is 87.8 cm³/mol. The minimum Gasteiger partial charge on any atom is -0.453 e. The molecule has 0 spiro atoms. The van der Waals surface area contributed by atoms with Crippen molar-refractivity contribution in [2.24, 2.45) is 0 Å². The van der Waals surface area contributed by atoms with Crippen LogP contribution in [-0.2, 0) is 22.4 Å². The third-order valence-electron chi connectivity index (χ3n) is 4.23. The maximum Gasteiger partial charge on any atom is 0.326 e. The normalized spacial score (nSPS) is 18.0. The molecule has 2 aliphatic rings. The van der Waals surface area contributed by atoms with Crippen LogP contribution in [-0.4, -0.2) is 46.8 Å². The van der Waals surface area contributed by atoms with Crippen molar-refractivity contribution >= 4 is 28.8 Å². The molecule has 1 aliphatic carbocycles. The molecule has 0 N–H and O–H groups in total. The number of nitrogens with zero attached hydrogens (tertiary/aromatic N) is 1. The monoisotopic (exact) mass is 333 g/mol. The van der Waals surface area contributed by atoms with Crippen molar-refractivity contribution in [3.8, 4) is 0 Å². The molecule has 1 amide bonds. The SMILES string of the molecule is C[C@@H](OC(=O)CN1CCSC1=O)C(=O)c1ccc2c(c1)CCC2. The van der Waals surface area contributed by atoms with E-state index in [0.717, 1.165) is 19.3 Å². The van der Waals surface area contributed by atoms with E-state index in [1.807, 2.05) is 12.1 Å². The Morgan fingerprint density at radius 1 is 1.30 bits per heavy atom. The maximum atomic E-state index is 12.4. The van der Waals surface area contributed by atoms with Gasteiger partial charge in [0.15, 0.2) is 6.10 Å². The molecule has 1 aromatic carbocycles. The Morgan fingerprint density at radius 3 is 2.83 bits per heavy atom. The Labute approximate surface area is 139 Å². The summed E-state index contributed by atoms with van der Waals surface area (Å²) in [6.45, 7) is 2.04. The summed E-state index contributed by atoms with van der Waals surface area (Å²) in [7, 11) is 0. The second-order valence-corrected chi connectivity index (χ2v) is 6.92. The third-order valence-corrected chi connectivity index (χ3v) is 5.12. The van der Waals surface area contributed by atoms with Gasteiger partial charge in [-0.1, -0.05) is 23.9 Å². The molecule has 1 saturated heterocycles. The van der Waals surface area contributed by atoms with Crippen molar-refractivity contribution < 1.29 is 19.1 Å². The first-order chi connectivity index (χ1) is 11.0. The van der Waals surface area contributed by atoms with Gasteiger partial charge in [0.05, 0.1) is 0 Å². The predicted octanol–water partition coefficient (Wildman–Crippen LogP) is 2.46. The summed E-state index contributed by atoms with van der Waals surface area (Å²) >= 11 is 1.19. The molecule has 3 rings (SSSR count). The van der Waals surface area contributed by atoms with Gasteiger partial charge in [-0.2, -0.15) is 0 Å². The lowest BCUT2D eigenvalue weighted by molar-refractivity contribution is -0.146. The first-order valence-electron chi connectivity index (χ1n) is 7.82. The molecule has 5 nitrogen and oxygen atoms in total. The second-order valence-electron chi connectivity index (χ2n) is 5.87. The zero-order valence-electron chi connectivity index (χ0n) is 13.0. The Balaban J connectivity index is 1.59. The van der Waals surface area contributed by atoms with E-state index >= 15 is 0 Å². The Kier molecular flexibility index (Phi) is 4.71. The van der Waals surface area contributed by atoms with E-state index < -0.39 is 12.1 Å². The average Bonchev–Trinajstić information content (AvgIpc) is 3.15. The topological polar surface area (TPSA) is 63.7 Å². The van der Waals surface area contributed by atoms with Gasteiger partial charge in [0.1, 0.15) is 6.54 Å². The maximum absolute atomic E-state index is 12.4. The van der Waals surface area contributed by atoms with Crippen LogP contribution in [0.1, 0.15) is 34.8 Å². The Morgan fingerprint density at radius 2 is 2.09 bits per heavy atom. The molecule has 1 fully saturated rings. The molecule has 1 aromatic rings. The molecule has 122 valence electrons. The number of carbonyl (C=O) groups is 3. The molecule has 1 atom stereocenters. The van der Waals surface area contributed by atoms with Gasteiger partial charge in [-0.25, -0.2) is 0 Å². The zero-order chi connectivity index (χ0) is 16.4. The van der Waals surface area contributed by atoms with Crippen LogP contribution >= 0.6 is 11.8 Å². The molecule has 0 unspecified atom stereocenters. The highest BCUT2D eigenvalue weighted by molar-refractivity contribution is 8.13. The van der Waals surface area contributed by atoms with E-state index in [2.05, 4.69) is 0 Å². The van der Waals surface area contributed by atoms with E-state index in [9.17, 15) is 14.4 Å². The summed E-state index contributed by atoms with van der Waals surface area (Å²) < 4.78 is 5.20. The third kappa shape index (κ3) is 3.58. The number of fused-ring (bicyclic) bond motifs is 1. The van der Waals surface area contributed by atoms with Gasteiger partial charge < -0.3 is 9.64 Å². The molecule has 23 heavy (non-hydrogen) atoms. The van der Waals surface area contributed by atoms with Crippen molar-refractivity contribution in [1.82, 2.24) is 4.90 Å². The number of rotatable bonds is 5. The number of hydrogen-bond donors (Lipinski definition) is 0. The number of ether oxygens (including phenoxy) is 1. The van der Waals surface area contributed by atoms with Crippen molar-refractivity contribution in [3.05, 3.63) is 34.9 Å². The lowest BCUT2D eigenvalue weighted by Crippen LogP contribution is -2.34. The summed E-state index contributed by atoms with van der Waals surface area (Å²) in [5, 5.41) is -0.112. The van der Waals surface area contributed by atoms with Crippen LogP contribution in [0.15, 0.2) is 18.2 Å². The van der Waals surface area contributed by atoms with Crippen LogP contribution < -0.4 is 0 Å². The summed E-state index contributed by atoms with van der Waals surface area (Å²) in [5.41, 5.74) is 3.10. The number of aryl methyl sites for hydroxylation is 2. The highest BCUT2D eigenvalue weighted by Gasteiger charge is 2.26. The first-order valence-corrected chi connectivity index (χ1v) is 8.80. The molecule has 6 heteroatoms. The smallest absolute Gasteiger partial charge is 0.326 e. The average molecular weight is 333 g/mol. The highest BCUT2D eigenvalue weighted by Crippen LogP contribution is 2.23. The van der Waals surface area contributed by atoms with E-state index in [0.29, 0.717) is 17.9 Å². The van der Waals surface area contributed by atoms with Crippen molar-refractivity contribution in [1.29, 1.82) is 0 Å². The number of esters is 1. The van der Waals surface area contributed by atoms with Gasteiger partial charge in [0.2, 0.25) is 5.78 Å². The molecule has 1 heterocycles. The number of ketones is 1. The molecule has 0 radical (unpaired) electrons. The molecule has 0 aromatic heterocycles. The fraction of sp³-hybridized carbons (Fsp3) is 0.471. The molecule has 0 saturated carbocycles. The van der Waals surface area contributed by atoms with Gasteiger partial charge >= 0.3 is 5.97 Å². The number of benzene rings is 1. The van der Waals surface area contributed by atoms with Crippen molar-refractivity contribution in [3.63, 3.8) is 0 Å². The fourth-order valence-electron chi connectivity index (χ4n) is 2.97. The van der Waals surface area contributed by atoms with Crippen LogP contribution in [0, 0.1) is 0 Å². The van der Waals surface area contributed by atoms with Gasteiger partial charge in [-0.15, -0.1) is 0 Å². The van der Waals surface area contributed by atoms with E-state index in [1.165, 1.54) is 27.8 Å². The van der Waals surface area contributed by atoms with E-state index in [1.54, 1.807) is 13.0 Å². The summed E-state index contributed by atoms with van der Waals surface area (Å²) in [6, 6.07) is 5.71. The molecule has 0 bridgehead atoms. The van der Waals surface area contributed by atoms with Crippen LogP contribution in [0.2, 0.25) is 0 Å². The van der Waals surface area contributed by atoms with Crippen LogP contribution in [0.25, 0.3) is 0 Å². The van der Waals surface area contributed by atoms with Gasteiger partial charge in [0, 0.05) is 17.9 Å². The molecule has 1 aliphatic heterocycles. The van der Waals surface area contributed by atoms with Crippen LogP contribution in [0.5, 0.6) is 0 Å². The number of carbonyl (C=O) groups excluding carboxylic acids is 3. The number of amides is 1. The Hall–Kier alpha value is -1.82. The number of thioether (sulfide) groups is 1. The summed E-state index contributed by atoms with van der Waals surface area (Å²) in [5.74, 6) is -0.0477. The number of hydrogen-bond acceptors (Lipinski definition) is 5.